The molecule has 1 aliphatic heterocycles. The number of nitrogens with two attached hydrogens (primary N) is 1. The highest BCUT2D eigenvalue weighted by Crippen LogP contribution is 2.37. The van der Waals surface area contributed by atoms with Crippen molar-refractivity contribution in [2.24, 2.45) is 10.9 Å². The Kier molecular flexibility index (Phi) is 3.27. The van der Waals surface area contributed by atoms with Crippen LogP contribution in [-0.2, 0) is 0 Å². The van der Waals surface area contributed by atoms with Gasteiger partial charge in [-0.1, -0.05) is 11.2 Å². The fourth-order valence-electron chi connectivity index (χ4n) is 2.05. The predicted molar refractivity (Wildman–Crippen MR) is 76.3 cm³/mol. The number of oxime groups is 1. The van der Waals surface area contributed by atoms with Crippen LogP contribution < -0.4 is 19.9 Å². The molecule has 0 radical (unpaired) electrons. The number of fused-ring (bicyclic) bond motifs is 1. The van der Waals surface area contributed by atoms with Crippen LogP contribution in [0.1, 0.15) is 11.1 Å². The van der Waals surface area contributed by atoms with E-state index in [9.17, 15) is 0 Å². The monoisotopic (exact) mass is 286 g/mol. The van der Waals surface area contributed by atoms with Crippen molar-refractivity contribution in [3.63, 3.8) is 0 Å². The van der Waals surface area contributed by atoms with Crippen molar-refractivity contribution < 1.29 is 19.4 Å². The summed E-state index contributed by atoms with van der Waals surface area (Å²) in [6.45, 7) is 2.14. The molecule has 0 aromatic heterocycles. The fourth-order valence-corrected chi connectivity index (χ4v) is 2.05. The van der Waals surface area contributed by atoms with Gasteiger partial charge in [-0.25, -0.2) is 0 Å². The first-order valence-electron chi connectivity index (χ1n) is 6.33. The molecule has 2 aromatic carbocycles. The first kappa shape index (κ1) is 13.1. The number of nitrogens with zero attached hydrogens (tertiary/aromatic N) is 1. The summed E-state index contributed by atoms with van der Waals surface area (Å²) in [6.07, 6.45) is 0. The molecule has 1 heterocycles. The molecule has 0 fully saturated rings. The van der Waals surface area contributed by atoms with E-state index in [0.717, 1.165) is 5.56 Å². The van der Waals surface area contributed by atoms with Gasteiger partial charge < -0.3 is 25.2 Å². The molecular formula is C15H14N2O4. The first-order chi connectivity index (χ1) is 10.2. The van der Waals surface area contributed by atoms with Gasteiger partial charge in [0.05, 0.1) is 5.56 Å². The molecule has 0 spiro atoms. The van der Waals surface area contributed by atoms with E-state index in [4.69, 9.17) is 25.2 Å². The van der Waals surface area contributed by atoms with Gasteiger partial charge >= 0.3 is 0 Å². The number of benzene rings is 2. The fraction of sp³-hybridized carbons (Fsp3) is 0.133. The number of rotatable bonds is 3. The zero-order chi connectivity index (χ0) is 14.8. The van der Waals surface area contributed by atoms with Gasteiger partial charge in [0, 0.05) is 6.07 Å². The molecule has 3 rings (SSSR count). The highest BCUT2D eigenvalue weighted by atomic mass is 16.7. The second-order valence-electron chi connectivity index (χ2n) is 4.60. The quantitative estimate of drug-likeness (QED) is 0.392. The largest absolute Gasteiger partial charge is 0.456 e. The van der Waals surface area contributed by atoms with Crippen LogP contribution in [0.15, 0.2) is 41.6 Å². The van der Waals surface area contributed by atoms with Crippen molar-refractivity contribution in [2.45, 2.75) is 6.92 Å². The minimum Gasteiger partial charge on any atom is -0.456 e. The molecule has 6 heteroatoms. The summed E-state index contributed by atoms with van der Waals surface area (Å²) >= 11 is 0. The van der Waals surface area contributed by atoms with Crippen LogP contribution in [0.25, 0.3) is 0 Å². The Bertz CT molecular complexity index is 713. The standard InChI is InChI=1S/C15H14N2O4/c1-9-2-4-11(15(16)17-18)13(6-9)21-10-3-5-12-14(7-10)20-8-19-12/h2-7,18H,8H2,1H3,(H2,16,17). The van der Waals surface area contributed by atoms with E-state index in [2.05, 4.69) is 5.16 Å². The lowest BCUT2D eigenvalue weighted by Gasteiger charge is -2.11. The molecule has 0 saturated carbocycles. The van der Waals surface area contributed by atoms with Gasteiger partial charge in [0.25, 0.3) is 0 Å². The molecular weight excluding hydrogens is 272 g/mol. The molecule has 0 atom stereocenters. The Hall–Kier alpha value is -2.89. The Labute approximate surface area is 121 Å². The smallest absolute Gasteiger partial charge is 0.231 e. The van der Waals surface area contributed by atoms with Crippen LogP contribution in [0, 0.1) is 6.92 Å². The third-order valence-electron chi connectivity index (χ3n) is 3.09. The zero-order valence-corrected chi connectivity index (χ0v) is 11.4. The normalized spacial score (nSPS) is 13.3. The number of aryl methyl sites for hydroxylation is 1. The average Bonchev–Trinajstić information content (AvgIpc) is 2.94. The van der Waals surface area contributed by atoms with Gasteiger partial charge in [-0.2, -0.15) is 0 Å². The predicted octanol–water partition coefficient (Wildman–Crippen LogP) is 2.61. The van der Waals surface area contributed by atoms with Gasteiger partial charge in [-0.15, -0.1) is 0 Å². The highest BCUT2D eigenvalue weighted by molar-refractivity contribution is 5.99. The van der Waals surface area contributed by atoms with Crippen LogP contribution in [0.2, 0.25) is 0 Å². The zero-order valence-electron chi connectivity index (χ0n) is 11.4. The molecule has 0 amide bonds. The van der Waals surface area contributed by atoms with E-state index in [1.807, 2.05) is 19.1 Å². The lowest BCUT2D eigenvalue weighted by Crippen LogP contribution is -2.14. The number of hydrogen-bond donors (Lipinski definition) is 2. The third-order valence-corrected chi connectivity index (χ3v) is 3.09. The van der Waals surface area contributed by atoms with E-state index in [0.29, 0.717) is 28.6 Å². The molecule has 0 bridgehead atoms. The summed E-state index contributed by atoms with van der Waals surface area (Å²) in [5.74, 6) is 2.39. The van der Waals surface area contributed by atoms with Gasteiger partial charge in [0.15, 0.2) is 17.3 Å². The summed E-state index contributed by atoms with van der Waals surface area (Å²) in [6, 6.07) is 10.7. The number of hydrogen-bond acceptors (Lipinski definition) is 5. The van der Waals surface area contributed by atoms with E-state index in [-0.39, 0.29) is 12.6 Å². The Morgan fingerprint density at radius 3 is 2.81 bits per heavy atom. The minimum absolute atomic E-state index is 0.00857. The van der Waals surface area contributed by atoms with Crippen molar-refractivity contribution in [2.75, 3.05) is 6.79 Å². The topological polar surface area (TPSA) is 86.3 Å². The van der Waals surface area contributed by atoms with Gasteiger partial charge in [-0.05, 0) is 36.8 Å². The van der Waals surface area contributed by atoms with Crippen molar-refractivity contribution >= 4 is 5.84 Å². The van der Waals surface area contributed by atoms with Crippen LogP contribution in [0.3, 0.4) is 0 Å². The van der Waals surface area contributed by atoms with Crippen LogP contribution >= 0.6 is 0 Å². The first-order valence-corrected chi connectivity index (χ1v) is 6.33. The molecule has 0 unspecified atom stereocenters. The summed E-state index contributed by atoms with van der Waals surface area (Å²) < 4.78 is 16.4. The molecule has 2 aromatic rings. The maximum absolute atomic E-state index is 8.85. The van der Waals surface area contributed by atoms with Crippen molar-refractivity contribution in [1.82, 2.24) is 0 Å². The lowest BCUT2D eigenvalue weighted by atomic mass is 10.1. The van der Waals surface area contributed by atoms with Crippen molar-refractivity contribution in [1.29, 1.82) is 0 Å². The van der Waals surface area contributed by atoms with Gasteiger partial charge in [0.2, 0.25) is 6.79 Å². The van der Waals surface area contributed by atoms with Crippen LogP contribution in [0.5, 0.6) is 23.0 Å². The summed E-state index contributed by atoms with van der Waals surface area (Å²) in [5, 5.41) is 11.9. The molecule has 1 aliphatic rings. The molecule has 108 valence electrons. The van der Waals surface area contributed by atoms with Crippen molar-refractivity contribution in [3.8, 4) is 23.0 Å². The Morgan fingerprint density at radius 1 is 1.19 bits per heavy atom. The molecule has 3 N–H and O–H groups in total. The second kappa shape index (κ2) is 5.24. The number of ether oxygens (including phenoxy) is 3. The van der Waals surface area contributed by atoms with Crippen LogP contribution in [0.4, 0.5) is 0 Å². The van der Waals surface area contributed by atoms with Crippen molar-refractivity contribution in [3.05, 3.63) is 47.5 Å². The highest BCUT2D eigenvalue weighted by Gasteiger charge is 2.15. The van der Waals surface area contributed by atoms with Gasteiger partial charge in [0.1, 0.15) is 11.5 Å². The Balaban J connectivity index is 1.96. The molecule has 6 nitrogen and oxygen atoms in total. The summed E-state index contributed by atoms with van der Waals surface area (Å²) in [5.41, 5.74) is 7.18. The maximum Gasteiger partial charge on any atom is 0.231 e. The van der Waals surface area contributed by atoms with E-state index < -0.39 is 0 Å². The summed E-state index contributed by atoms with van der Waals surface area (Å²) in [4.78, 5) is 0. The van der Waals surface area contributed by atoms with Crippen LogP contribution in [-0.4, -0.2) is 17.8 Å². The average molecular weight is 286 g/mol. The Morgan fingerprint density at radius 2 is 2.00 bits per heavy atom. The van der Waals surface area contributed by atoms with E-state index in [1.54, 1.807) is 24.3 Å². The van der Waals surface area contributed by atoms with E-state index >= 15 is 0 Å². The number of amidine groups is 1. The summed E-state index contributed by atoms with van der Waals surface area (Å²) in [7, 11) is 0. The van der Waals surface area contributed by atoms with E-state index in [1.165, 1.54) is 0 Å². The molecule has 0 aliphatic carbocycles. The maximum atomic E-state index is 8.85. The second-order valence-corrected chi connectivity index (χ2v) is 4.60. The third kappa shape index (κ3) is 2.55. The molecule has 0 saturated heterocycles. The lowest BCUT2D eigenvalue weighted by molar-refractivity contribution is 0.174. The van der Waals surface area contributed by atoms with Gasteiger partial charge in [-0.3, -0.25) is 0 Å². The minimum atomic E-state index is -0.00857. The SMILES string of the molecule is Cc1ccc(C(N)=NO)c(Oc2ccc3c(c2)OCO3)c1. The molecule has 21 heavy (non-hydrogen) atoms.